The van der Waals surface area contributed by atoms with Crippen molar-refractivity contribution in [3.05, 3.63) is 108 Å². The Morgan fingerprint density at radius 2 is 1.10 bits per heavy atom. The molecule has 6 heteroatoms. The van der Waals surface area contributed by atoms with Gasteiger partial charge in [0.2, 0.25) is 0 Å². The second-order valence-electron chi connectivity index (χ2n) is 15.3. The standard InChI is InChI=1S/C43H48N2O4/c46-40-34-26-24-28-14-10-12-20-32(28)38(34)44(30-16-4-1-5-17-30)42(48)36(40)22-8-3-9-23-37-41(47)35-27-25-29-15-11-13-21-33(29)39(35)45(43(37)49)31-18-6-2-7-19-31/h1-9,16-19,22-23,28-29,32-35,38-39,46H,10-15,20-21,24-27H2/b9-3+,22-8+,37-23-. The zero-order valence-corrected chi connectivity index (χ0v) is 28.3. The Morgan fingerprint density at radius 3 is 1.71 bits per heavy atom. The molecule has 0 bridgehead atoms. The lowest BCUT2D eigenvalue weighted by Crippen LogP contribution is -2.60. The molecule has 5 fully saturated rings. The van der Waals surface area contributed by atoms with Crippen LogP contribution in [0.5, 0.6) is 0 Å². The van der Waals surface area contributed by atoms with Crippen molar-refractivity contribution in [2.75, 3.05) is 9.80 Å². The number of anilines is 2. The summed E-state index contributed by atoms with van der Waals surface area (Å²) < 4.78 is 0. The maximum Gasteiger partial charge on any atom is 0.262 e. The SMILES string of the molecule is O=C1/C(=C/C=C/C=C/C2=C(O)C3CCC4CCCCC4C3N(c3ccccc3)C2=O)C(=O)N(c2ccccc2)C2C1CCC1CCCCC12. The number of ketones is 1. The van der Waals surface area contributed by atoms with Gasteiger partial charge in [-0.1, -0.05) is 93.2 Å². The first-order chi connectivity index (χ1) is 24.0. The molecule has 4 aliphatic carbocycles. The molecule has 2 aromatic rings. The summed E-state index contributed by atoms with van der Waals surface area (Å²) in [7, 11) is 0. The number of allylic oxidation sites excluding steroid dienone is 4. The van der Waals surface area contributed by atoms with Gasteiger partial charge in [0.1, 0.15) is 5.76 Å². The molecule has 0 radical (unpaired) electrons. The third-order valence-electron chi connectivity index (χ3n) is 12.9. The predicted octanol–water partition coefficient (Wildman–Crippen LogP) is 8.67. The van der Waals surface area contributed by atoms with Crippen molar-refractivity contribution in [3.63, 3.8) is 0 Å². The first-order valence-corrected chi connectivity index (χ1v) is 18.8. The van der Waals surface area contributed by atoms with E-state index in [1.165, 1.54) is 32.1 Å². The van der Waals surface area contributed by atoms with Crippen LogP contribution >= 0.6 is 0 Å². The van der Waals surface area contributed by atoms with Crippen molar-refractivity contribution in [3.8, 4) is 0 Å². The topological polar surface area (TPSA) is 77.9 Å². The van der Waals surface area contributed by atoms with Crippen LogP contribution in [0.4, 0.5) is 11.4 Å². The number of fused-ring (bicyclic) bond motifs is 6. The summed E-state index contributed by atoms with van der Waals surface area (Å²) in [6, 6.07) is 19.6. The summed E-state index contributed by atoms with van der Waals surface area (Å²) in [5, 5.41) is 11.6. The van der Waals surface area contributed by atoms with Crippen molar-refractivity contribution in [1.82, 2.24) is 0 Å². The van der Waals surface area contributed by atoms with Crippen LogP contribution in [0.2, 0.25) is 0 Å². The van der Waals surface area contributed by atoms with Gasteiger partial charge < -0.3 is 14.9 Å². The molecule has 49 heavy (non-hydrogen) atoms. The third kappa shape index (κ3) is 5.71. The zero-order valence-electron chi connectivity index (χ0n) is 28.3. The molecule has 2 amide bonds. The molecular weight excluding hydrogens is 608 g/mol. The van der Waals surface area contributed by atoms with Crippen LogP contribution in [0, 0.1) is 35.5 Å². The van der Waals surface area contributed by atoms with Crippen LogP contribution in [-0.2, 0) is 14.4 Å². The lowest BCUT2D eigenvalue weighted by atomic mass is 9.61. The summed E-state index contributed by atoms with van der Waals surface area (Å²) >= 11 is 0. The minimum atomic E-state index is -0.219. The smallest absolute Gasteiger partial charge is 0.262 e. The lowest BCUT2D eigenvalue weighted by molar-refractivity contribution is -0.130. The van der Waals surface area contributed by atoms with Gasteiger partial charge in [-0.25, -0.2) is 0 Å². The molecule has 0 aromatic heterocycles. The van der Waals surface area contributed by atoms with Gasteiger partial charge in [0, 0.05) is 23.2 Å². The third-order valence-corrected chi connectivity index (χ3v) is 12.9. The Morgan fingerprint density at radius 1 is 0.571 bits per heavy atom. The van der Waals surface area contributed by atoms with E-state index in [1.807, 2.05) is 70.5 Å². The number of rotatable bonds is 5. The molecule has 8 atom stereocenters. The molecule has 6 nitrogen and oxygen atoms in total. The van der Waals surface area contributed by atoms with Crippen molar-refractivity contribution in [1.29, 1.82) is 0 Å². The van der Waals surface area contributed by atoms with Gasteiger partial charge in [0.25, 0.3) is 11.8 Å². The number of Topliss-reactive ketones (excluding diaryl/α,β-unsaturated/α-hetero) is 1. The number of aliphatic hydroxyl groups excluding tert-OH is 1. The van der Waals surface area contributed by atoms with Crippen LogP contribution in [0.25, 0.3) is 0 Å². The normalized spacial score (nSPS) is 34.3. The van der Waals surface area contributed by atoms with Gasteiger partial charge in [-0.05, 0) is 98.6 Å². The van der Waals surface area contributed by atoms with Crippen molar-refractivity contribution < 1.29 is 19.5 Å². The molecule has 2 aromatic carbocycles. The number of nitrogens with zero attached hydrogens (tertiary/aromatic N) is 2. The van der Waals surface area contributed by atoms with E-state index in [-0.39, 0.29) is 52.8 Å². The molecule has 8 rings (SSSR count). The van der Waals surface area contributed by atoms with Crippen LogP contribution < -0.4 is 9.80 Å². The minimum Gasteiger partial charge on any atom is -0.511 e. The highest BCUT2D eigenvalue weighted by atomic mass is 16.3. The fourth-order valence-electron chi connectivity index (χ4n) is 10.7. The monoisotopic (exact) mass is 656 g/mol. The molecular formula is C43H48N2O4. The van der Waals surface area contributed by atoms with E-state index in [9.17, 15) is 19.5 Å². The Kier molecular flexibility index (Phi) is 8.90. The maximum absolute atomic E-state index is 14.2. The molecule has 8 unspecified atom stereocenters. The van der Waals surface area contributed by atoms with Crippen LogP contribution in [-0.4, -0.2) is 34.8 Å². The summed E-state index contributed by atoms with van der Waals surface area (Å²) in [6.07, 6.45) is 21.8. The Labute approximate surface area is 290 Å². The lowest BCUT2D eigenvalue weighted by Gasteiger charge is -2.52. The van der Waals surface area contributed by atoms with E-state index in [0.717, 1.165) is 56.3 Å². The van der Waals surface area contributed by atoms with Gasteiger partial charge in [-0.2, -0.15) is 0 Å². The van der Waals surface area contributed by atoms with E-state index < -0.39 is 0 Å². The van der Waals surface area contributed by atoms with E-state index in [4.69, 9.17) is 0 Å². The summed E-state index contributed by atoms with van der Waals surface area (Å²) in [5.41, 5.74) is 2.29. The quantitative estimate of drug-likeness (QED) is 0.199. The summed E-state index contributed by atoms with van der Waals surface area (Å²) in [5.74, 6) is 1.44. The van der Waals surface area contributed by atoms with Gasteiger partial charge in [-0.15, -0.1) is 0 Å². The minimum absolute atomic E-state index is 0.0326. The number of hydrogen-bond donors (Lipinski definition) is 1. The van der Waals surface area contributed by atoms with E-state index in [2.05, 4.69) is 0 Å². The van der Waals surface area contributed by atoms with E-state index in [1.54, 1.807) is 30.4 Å². The number of piperidine rings is 1. The number of carbonyl (C=O) groups excluding carboxylic acids is 3. The van der Waals surface area contributed by atoms with Gasteiger partial charge >= 0.3 is 0 Å². The van der Waals surface area contributed by atoms with Crippen molar-refractivity contribution >= 4 is 29.0 Å². The number of para-hydroxylation sites is 2. The maximum atomic E-state index is 14.2. The van der Waals surface area contributed by atoms with Crippen LogP contribution in [0.1, 0.15) is 77.0 Å². The molecule has 2 aliphatic heterocycles. The van der Waals surface area contributed by atoms with Gasteiger partial charge in [0.05, 0.1) is 23.2 Å². The largest absolute Gasteiger partial charge is 0.511 e. The fraction of sp³-hybridized carbons (Fsp3) is 0.465. The summed E-state index contributed by atoms with van der Waals surface area (Å²) in [4.78, 5) is 46.2. The molecule has 2 heterocycles. The van der Waals surface area contributed by atoms with Gasteiger partial charge in [-0.3, -0.25) is 14.4 Å². The highest BCUT2D eigenvalue weighted by Crippen LogP contribution is 2.51. The second-order valence-corrected chi connectivity index (χ2v) is 15.3. The Balaban J connectivity index is 1.07. The first kappa shape index (κ1) is 32.0. The van der Waals surface area contributed by atoms with Gasteiger partial charge in [0.15, 0.2) is 5.78 Å². The number of carbonyl (C=O) groups is 3. The molecule has 1 N–H and O–H groups in total. The molecule has 0 spiro atoms. The Hall–Kier alpha value is -4.19. The number of amides is 2. The predicted molar refractivity (Wildman–Crippen MR) is 193 cm³/mol. The van der Waals surface area contributed by atoms with Crippen LogP contribution in [0.15, 0.2) is 108 Å². The highest BCUT2D eigenvalue weighted by molar-refractivity contribution is 6.27. The van der Waals surface area contributed by atoms with E-state index in [0.29, 0.717) is 29.2 Å². The Bertz CT molecular complexity index is 1710. The van der Waals surface area contributed by atoms with Crippen LogP contribution in [0.3, 0.4) is 0 Å². The zero-order chi connectivity index (χ0) is 33.5. The average molecular weight is 657 g/mol. The second kappa shape index (κ2) is 13.6. The highest BCUT2D eigenvalue weighted by Gasteiger charge is 2.53. The molecule has 4 saturated carbocycles. The van der Waals surface area contributed by atoms with Crippen molar-refractivity contribution in [2.24, 2.45) is 35.5 Å². The number of benzene rings is 2. The first-order valence-electron chi connectivity index (χ1n) is 18.8. The molecule has 254 valence electrons. The number of aliphatic hydroxyl groups is 1. The van der Waals surface area contributed by atoms with E-state index >= 15 is 0 Å². The number of hydrogen-bond acceptors (Lipinski definition) is 4. The molecule has 1 saturated heterocycles. The van der Waals surface area contributed by atoms with Crippen molar-refractivity contribution in [2.45, 2.75) is 89.1 Å². The average Bonchev–Trinajstić information content (AvgIpc) is 3.14. The molecule has 6 aliphatic rings. The summed E-state index contributed by atoms with van der Waals surface area (Å²) in [6.45, 7) is 0. The fourth-order valence-corrected chi connectivity index (χ4v) is 10.7.